The number of aldehydes is 1. The molecule has 5 heteroatoms. The number of hydrogen-bond acceptors (Lipinski definition) is 4. The quantitative estimate of drug-likeness (QED) is 0.710. The van der Waals surface area contributed by atoms with Crippen molar-refractivity contribution in [2.75, 3.05) is 0 Å². The van der Waals surface area contributed by atoms with Gasteiger partial charge in [0.15, 0.2) is 11.3 Å². The highest BCUT2D eigenvalue weighted by molar-refractivity contribution is 7.11. The Bertz CT molecular complexity index is 452. The molecular formula is C9H5FN2OS. The number of thiazole rings is 1. The second-order valence-corrected chi connectivity index (χ2v) is 3.44. The highest BCUT2D eigenvalue weighted by atomic mass is 32.1. The van der Waals surface area contributed by atoms with E-state index in [2.05, 4.69) is 9.97 Å². The molecule has 0 aliphatic rings. The van der Waals surface area contributed by atoms with Crippen LogP contribution in [-0.2, 0) is 0 Å². The van der Waals surface area contributed by atoms with Crippen LogP contribution in [0.15, 0.2) is 23.7 Å². The molecule has 0 saturated carbocycles. The number of nitrogens with zero attached hydrogens (tertiary/aromatic N) is 2. The molecule has 0 aromatic carbocycles. The predicted octanol–water partition coefficient (Wildman–Crippen LogP) is 2.16. The van der Waals surface area contributed by atoms with E-state index in [-0.39, 0.29) is 5.82 Å². The number of halogens is 1. The largest absolute Gasteiger partial charge is 0.295 e. The van der Waals surface area contributed by atoms with Crippen molar-refractivity contribution < 1.29 is 9.18 Å². The van der Waals surface area contributed by atoms with Crippen LogP contribution in [0.25, 0.3) is 11.4 Å². The van der Waals surface area contributed by atoms with Crippen LogP contribution in [-0.4, -0.2) is 16.3 Å². The molecular weight excluding hydrogens is 203 g/mol. The number of aromatic nitrogens is 2. The molecule has 0 spiro atoms. The van der Waals surface area contributed by atoms with E-state index in [0.717, 1.165) is 6.20 Å². The first kappa shape index (κ1) is 8.96. The normalized spacial score (nSPS) is 10.1. The molecule has 2 aromatic heterocycles. The van der Waals surface area contributed by atoms with Crippen molar-refractivity contribution in [1.82, 2.24) is 9.97 Å². The first-order valence-corrected chi connectivity index (χ1v) is 4.70. The molecule has 0 amide bonds. The summed E-state index contributed by atoms with van der Waals surface area (Å²) in [4.78, 5) is 18.2. The topological polar surface area (TPSA) is 42.9 Å². The van der Waals surface area contributed by atoms with Crippen LogP contribution in [0.5, 0.6) is 0 Å². The molecule has 14 heavy (non-hydrogen) atoms. The van der Waals surface area contributed by atoms with Crippen LogP contribution in [0.2, 0.25) is 0 Å². The van der Waals surface area contributed by atoms with Crippen molar-refractivity contribution in [3.05, 3.63) is 34.5 Å². The van der Waals surface area contributed by atoms with E-state index in [1.165, 1.54) is 23.5 Å². The minimum Gasteiger partial charge on any atom is -0.295 e. The number of hydrogen-bond donors (Lipinski definition) is 0. The predicted molar refractivity (Wildman–Crippen MR) is 50.7 cm³/mol. The summed E-state index contributed by atoms with van der Waals surface area (Å²) in [6.45, 7) is 0. The van der Waals surface area contributed by atoms with Gasteiger partial charge in [-0.2, -0.15) is 0 Å². The van der Waals surface area contributed by atoms with Crippen LogP contribution >= 0.6 is 11.3 Å². The zero-order valence-electron chi connectivity index (χ0n) is 6.98. The van der Waals surface area contributed by atoms with E-state index in [1.54, 1.807) is 5.38 Å². The first-order valence-electron chi connectivity index (χ1n) is 3.82. The summed E-state index contributed by atoms with van der Waals surface area (Å²) in [6, 6.07) is 2.83. The molecule has 2 rings (SSSR count). The second kappa shape index (κ2) is 3.63. The molecule has 2 heterocycles. The Balaban J connectivity index is 2.39. The minimum atomic E-state index is -0.389. The van der Waals surface area contributed by atoms with Gasteiger partial charge in [-0.25, -0.2) is 9.37 Å². The fraction of sp³-hybridized carbons (Fsp3) is 0. The lowest BCUT2D eigenvalue weighted by Crippen LogP contribution is -1.85. The van der Waals surface area contributed by atoms with Crippen molar-refractivity contribution in [3.8, 4) is 11.4 Å². The lowest BCUT2D eigenvalue weighted by Gasteiger charge is -1.93. The van der Waals surface area contributed by atoms with Gasteiger partial charge in [0.05, 0.1) is 11.9 Å². The van der Waals surface area contributed by atoms with Gasteiger partial charge >= 0.3 is 0 Å². The molecule has 0 aliphatic heterocycles. The van der Waals surface area contributed by atoms with Gasteiger partial charge in [0.2, 0.25) is 0 Å². The molecule has 0 aliphatic carbocycles. The third kappa shape index (κ3) is 1.67. The summed E-state index contributed by atoms with van der Waals surface area (Å²) in [5.41, 5.74) is 1.16. The van der Waals surface area contributed by atoms with E-state index in [9.17, 15) is 9.18 Å². The molecule has 0 N–H and O–H groups in total. The molecule has 0 fully saturated rings. The average molecular weight is 208 g/mol. The van der Waals surface area contributed by atoms with Gasteiger partial charge < -0.3 is 0 Å². The molecule has 0 radical (unpaired) electrons. The van der Waals surface area contributed by atoms with Crippen molar-refractivity contribution in [2.45, 2.75) is 0 Å². The van der Waals surface area contributed by atoms with Gasteiger partial charge in [-0.3, -0.25) is 9.78 Å². The van der Waals surface area contributed by atoms with Crippen molar-refractivity contribution in [1.29, 1.82) is 0 Å². The molecule has 0 bridgehead atoms. The Morgan fingerprint density at radius 1 is 1.36 bits per heavy atom. The standard InChI is InChI=1S/C9H5FN2OS/c10-6-1-2-7(11-3-6)8-5-14-9(4-13)12-8/h1-5H. The Morgan fingerprint density at radius 2 is 2.21 bits per heavy atom. The summed E-state index contributed by atoms with van der Waals surface area (Å²) >= 11 is 1.24. The van der Waals surface area contributed by atoms with Gasteiger partial charge in [0.25, 0.3) is 0 Å². The van der Waals surface area contributed by atoms with Crippen molar-refractivity contribution in [3.63, 3.8) is 0 Å². The van der Waals surface area contributed by atoms with Gasteiger partial charge in [-0.15, -0.1) is 11.3 Å². The Labute approximate surface area is 83.3 Å². The molecule has 0 saturated heterocycles. The number of carbonyl (C=O) groups is 1. The summed E-state index contributed by atoms with van der Waals surface area (Å²) in [5.74, 6) is -0.389. The molecule has 3 nitrogen and oxygen atoms in total. The summed E-state index contributed by atoms with van der Waals surface area (Å²) < 4.78 is 12.5. The highest BCUT2D eigenvalue weighted by Gasteiger charge is 2.04. The molecule has 0 atom stereocenters. The van der Waals surface area contributed by atoms with E-state index < -0.39 is 0 Å². The summed E-state index contributed by atoms with van der Waals surface area (Å²) in [5, 5.41) is 2.11. The van der Waals surface area contributed by atoms with E-state index in [4.69, 9.17) is 0 Å². The third-order valence-electron chi connectivity index (χ3n) is 1.61. The van der Waals surface area contributed by atoms with Crippen LogP contribution in [0, 0.1) is 5.82 Å². The maximum absolute atomic E-state index is 12.5. The number of pyridine rings is 1. The lowest BCUT2D eigenvalue weighted by molar-refractivity contribution is 0.112. The first-order chi connectivity index (χ1) is 6.79. The fourth-order valence-corrected chi connectivity index (χ4v) is 1.60. The Kier molecular flexibility index (Phi) is 2.32. The maximum Gasteiger partial charge on any atom is 0.178 e. The Morgan fingerprint density at radius 3 is 2.79 bits per heavy atom. The zero-order chi connectivity index (χ0) is 9.97. The van der Waals surface area contributed by atoms with Gasteiger partial charge in [0.1, 0.15) is 11.5 Å². The SMILES string of the molecule is O=Cc1nc(-c2ccc(F)cn2)cs1. The monoisotopic (exact) mass is 208 g/mol. The molecule has 2 aromatic rings. The smallest absolute Gasteiger partial charge is 0.178 e. The second-order valence-electron chi connectivity index (χ2n) is 2.55. The maximum atomic E-state index is 12.5. The van der Waals surface area contributed by atoms with E-state index in [0.29, 0.717) is 22.7 Å². The lowest BCUT2D eigenvalue weighted by atomic mass is 10.3. The Hall–Kier alpha value is -1.62. The zero-order valence-corrected chi connectivity index (χ0v) is 7.79. The highest BCUT2D eigenvalue weighted by Crippen LogP contribution is 2.18. The van der Waals surface area contributed by atoms with Crippen LogP contribution in [0.1, 0.15) is 9.80 Å². The van der Waals surface area contributed by atoms with Gasteiger partial charge in [0, 0.05) is 5.38 Å². The number of carbonyl (C=O) groups excluding carboxylic acids is 1. The third-order valence-corrected chi connectivity index (χ3v) is 2.38. The molecule has 0 unspecified atom stereocenters. The molecule has 70 valence electrons. The fourth-order valence-electron chi connectivity index (χ4n) is 0.987. The van der Waals surface area contributed by atoms with Crippen molar-refractivity contribution in [2.24, 2.45) is 0 Å². The van der Waals surface area contributed by atoms with E-state index in [1.807, 2.05) is 0 Å². The van der Waals surface area contributed by atoms with Gasteiger partial charge in [-0.1, -0.05) is 0 Å². The average Bonchev–Trinajstić information content (AvgIpc) is 2.67. The summed E-state index contributed by atoms with van der Waals surface area (Å²) in [7, 11) is 0. The number of rotatable bonds is 2. The van der Waals surface area contributed by atoms with Crippen LogP contribution < -0.4 is 0 Å². The minimum absolute atomic E-state index is 0.389. The van der Waals surface area contributed by atoms with Crippen LogP contribution in [0.4, 0.5) is 4.39 Å². The van der Waals surface area contributed by atoms with Crippen molar-refractivity contribution >= 4 is 17.6 Å². The van der Waals surface area contributed by atoms with Crippen LogP contribution in [0.3, 0.4) is 0 Å². The summed E-state index contributed by atoms with van der Waals surface area (Å²) in [6.07, 6.45) is 1.80. The van der Waals surface area contributed by atoms with E-state index >= 15 is 0 Å². The van der Waals surface area contributed by atoms with Gasteiger partial charge in [-0.05, 0) is 12.1 Å².